The van der Waals surface area contributed by atoms with Crippen molar-refractivity contribution in [1.82, 2.24) is 24.8 Å². The first kappa shape index (κ1) is 13.9. The van der Waals surface area contributed by atoms with Crippen molar-refractivity contribution in [3.8, 4) is 22.6 Å². The lowest BCUT2D eigenvalue weighted by Gasteiger charge is -2.03. The predicted octanol–water partition coefficient (Wildman–Crippen LogP) is 2.76. The number of rotatable bonds is 3. The maximum atomic E-state index is 10.9. The average Bonchev–Trinajstić information content (AvgIpc) is 3.05. The fourth-order valence-corrected chi connectivity index (χ4v) is 2.40. The van der Waals surface area contributed by atoms with Crippen molar-refractivity contribution in [2.24, 2.45) is 0 Å². The molecule has 8 heteroatoms. The smallest absolute Gasteiger partial charge is 0.264 e. The summed E-state index contributed by atoms with van der Waals surface area (Å²) < 4.78 is 1.60. The Morgan fingerprint density at radius 2 is 1.88 bits per heavy atom. The Labute approximate surface area is 135 Å². The van der Waals surface area contributed by atoms with Crippen molar-refractivity contribution in [1.29, 1.82) is 0 Å². The second-order valence-electron chi connectivity index (χ2n) is 5.06. The zero-order valence-corrected chi connectivity index (χ0v) is 12.3. The number of hydrogen-bond acceptors (Lipinski definition) is 6. The van der Waals surface area contributed by atoms with E-state index in [1.165, 1.54) is 12.1 Å². The number of nitro benzene ring substituents is 1. The molecular formula is C16H10N6O2. The molecule has 0 spiro atoms. The Bertz CT molecular complexity index is 1040. The molecule has 0 amide bonds. The molecule has 3 aromatic heterocycles. The normalized spacial score (nSPS) is 10.8. The quantitative estimate of drug-likeness (QED) is 0.425. The van der Waals surface area contributed by atoms with Crippen LogP contribution in [-0.4, -0.2) is 29.7 Å². The summed E-state index contributed by atoms with van der Waals surface area (Å²) in [5.74, 6) is 0.561. The molecular weight excluding hydrogens is 308 g/mol. The van der Waals surface area contributed by atoms with Crippen LogP contribution in [0.15, 0.2) is 60.9 Å². The van der Waals surface area contributed by atoms with E-state index in [9.17, 15) is 10.1 Å². The molecule has 0 saturated heterocycles. The third kappa shape index (κ3) is 2.35. The fourth-order valence-electron chi connectivity index (χ4n) is 2.40. The van der Waals surface area contributed by atoms with Gasteiger partial charge in [-0.3, -0.25) is 15.1 Å². The molecule has 0 aliphatic rings. The molecule has 1 aromatic carbocycles. The molecule has 116 valence electrons. The molecule has 4 aromatic rings. The van der Waals surface area contributed by atoms with E-state index in [0.29, 0.717) is 22.7 Å². The van der Waals surface area contributed by atoms with Crippen LogP contribution in [0.1, 0.15) is 0 Å². The van der Waals surface area contributed by atoms with Crippen molar-refractivity contribution in [3.63, 3.8) is 0 Å². The molecule has 0 aliphatic carbocycles. The SMILES string of the molecule is O=[N+]([O-])c1cccc(-c2ccc3nnc(-c4cccnc4)n3n2)c1. The Morgan fingerprint density at radius 1 is 1.00 bits per heavy atom. The maximum absolute atomic E-state index is 10.9. The van der Waals surface area contributed by atoms with Gasteiger partial charge in [0.05, 0.1) is 10.6 Å². The molecule has 0 saturated carbocycles. The molecule has 3 heterocycles. The van der Waals surface area contributed by atoms with Gasteiger partial charge in [-0.2, -0.15) is 9.61 Å². The molecule has 4 rings (SSSR count). The first-order valence-electron chi connectivity index (χ1n) is 7.10. The Balaban J connectivity index is 1.86. The van der Waals surface area contributed by atoms with Crippen LogP contribution in [-0.2, 0) is 0 Å². The summed E-state index contributed by atoms with van der Waals surface area (Å²) in [6, 6.07) is 13.5. The molecule has 0 aliphatic heterocycles. The van der Waals surface area contributed by atoms with E-state index in [1.54, 1.807) is 47.2 Å². The van der Waals surface area contributed by atoms with E-state index in [-0.39, 0.29) is 5.69 Å². The van der Waals surface area contributed by atoms with Crippen molar-refractivity contribution in [2.45, 2.75) is 0 Å². The third-order valence-corrected chi connectivity index (χ3v) is 3.54. The lowest BCUT2D eigenvalue weighted by molar-refractivity contribution is -0.384. The van der Waals surface area contributed by atoms with Gasteiger partial charge in [-0.25, -0.2) is 0 Å². The molecule has 0 bridgehead atoms. The number of hydrogen-bond donors (Lipinski definition) is 0. The minimum absolute atomic E-state index is 0.0191. The Morgan fingerprint density at radius 3 is 2.67 bits per heavy atom. The van der Waals surface area contributed by atoms with Gasteiger partial charge in [-0.15, -0.1) is 10.2 Å². The highest BCUT2D eigenvalue weighted by atomic mass is 16.6. The summed E-state index contributed by atoms with van der Waals surface area (Å²) in [4.78, 5) is 14.6. The lowest BCUT2D eigenvalue weighted by Crippen LogP contribution is -1.98. The lowest BCUT2D eigenvalue weighted by atomic mass is 10.1. The summed E-state index contributed by atoms with van der Waals surface area (Å²) in [6.07, 6.45) is 3.35. The van der Waals surface area contributed by atoms with E-state index >= 15 is 0 Å². The molecule has 24 heavy (non-hydrogen) atoms. The minimum Gasteiger partial charge on any atom is -0.264 e. The van der Waals surface area contributed by atoms with Crippen LogP contribution >= 0.6 is 0 Å². The summed E-state index contributed by atoms with van der Waals surface area (Å²) in [7, 11) is 0. The maximum Gasteiger partial charge on any atom is 0.270 e. The Hall–Kier alpha value is -3.68. The monoisotopic (exact) mass is 318 g/mol. The van der Waals surface area contributed by atoms with Crippen LogP contribution in [0.5, 0.6) is 0 Å². The first-order valence-corrected chi connectivity index (χ1v) is 7.10. The third-order valence-electron chi connectivity index (χ3n) is 3.54. The second kappa shape index (κ2) is 5.51. The highest BCUT2D eigenvalue weighted by Crippen LogP contribution is 2.23. The van der Waals surface area contributed by atoms with Gasteiger partial charge in [0.15, 0.2) is 11.5 Å². The highest BCUT2D eigenvalue weighted by molar-refractivity contribution is 5.65. The van der Waals surface area contributed by atoms with Crippen molar-refractivity contribution in [2.75, 3.05) is 0 Å². The van der Waals surface area contributed by atoms with E-state index in [4.69, 9.17) is 0 Å². The predicted molar refractivity (Wildman–Crippen MR) is 86.1 cm³/mol. The number of non-ortho nitro benzene ring substituents is 1. The molecule has 0 radical (unpaired) electrons. The van der Waals surface area contributed by atoms with E-state index in [1.807, 2.05) is 6.07 Å². The zero-order chi connectivity index (χ0) is 16.5. The zero-order valence-electron chi connectivity index (χ0n) is 12.3. The van der Waals surface area contributed by atoms with Crippen LogP contribution in [0.25, 0.3) is 28.3 Å². The van der Waals surface area contributed by atoms with Crippen molar-refractivity contribution >= 4 is 11.3 Å². The molecule has 0 N–H and O–H groups in total. The van der Waals surface area contributed by atoms with Crippen LogP contribution in [0, 0.1) is 10.1 Å². The number of nitrogens with zero attached hydrogens (tertiary/aromatic N) is 6. The summed E-state index contributed by atoms with van der Waals surface area (Å²) in [6.45, 7) is 0. The summed E-state index contributed by atoms with van der Waals surface area (Å²) >= 11 is 0. The average molecular weight is 318 g/mol. The van der Waals surface area contributed by atoms with Gasteiger partial charge < -0.3 is 0 Å². The summed E-state index contributed by atoms with van der Waals surface area (Å²) in [5.41, 5.74) is 2.63. The molecule has 8 nitrogen and oxygen atoms in total. The van der Waals surface area contributed by atoms with E-state index in [2.05, 4.69) is 20.3 Å². The topological polar surface area (TPSA) is 99.1 Å². The van der Waals surface area contributed by atoms with Crippen LogP contribution in [0.3, 0.4) is 0 Å². The van der Waals surface area contributed by atoms with Gasteiger partial charge in [0.1, 0.15) is 0 Å². The van der Waals surface area contributed by atoms with E-state index < -0.39 is 4.92 Å². The van der Waals surface area contributed by atoms with Crippen molar-refractivity contribution < 1.29 is 4.92 Å². The first-order chi connectivity index (χ1) is 11.7. The number of pyridine rings is 1. The largest absolute Gasteiger partial charge is 0.270 e. The van der Waals surface area contributed by atoms with Gasteiger partial charge in [-0.05, 0) is 24.3 Å². The number of benzene rings is 1. The number of fused-ring (bicyclic) bond motifs is 1. The van der Waals surface area contributed by atoms with Gasteiger partial charge in [0, 0.05) is 35.7 Å². The highest BCUT2D eigenvalue weighted by Gasteiger charge is 2.12. The van der Waals surface area contributed by atoms with Crippen LogP contribution in [0.4, 0.5) is 5.69 Å². The number of nitro groups is 1. The van der Waals surface area contributed by atoms with E-state index in [0.717, 1.165) is 5.56 Å². The van der Waals surface area contributed by atoms with Crippen LogP contribution < -0.4 is 0 Å². The van der Waals surface area contributed by atoms with Crippen molar-refractivity contribution in [3.05, 3.63) is 71.0 Å². The van der Waals surface area contributed by atoms with Gasteiger partial charge in [0.2, 0.25) is 0 Å². The van der Waals surface area contributed by atoms with Gasteiger partial charge in [-0.1, -0.05) is 12.1 Å². The fraction of sp³-hybridized carbons (Fsp3) is 0. The second-order valence-corrected chi connectivity index (χ2v) is 5.06. The summed E-state index contributed by atoms with van der Waals surface area (Å²) in [5, 5.41) is 23.7. The standard InChI is InChI=1S/C16H10N6O2/c23-22(24)13-5-1-3-11(9-13)14-6-7-15-18-19-16(21(15)20-14)12-4-2-8-17-10-12/h1-10H. The molecule has 0 fully saturated rings. The Kier molecular flexibility index (Phi) is 3.20. The van der Waals surface area contributed by atoms with Crippen LogP contribution in [0.2, 0.25) is 0 Å². The van der Waals surface area contributed by atoms with Gasteiger partial charge >= 0.3 is 0 Å². The minimum atomic E-state index is -0.429. The van der Waals surface area contributed by atoms with Gasteiger partial charge in [0.25, 0.3) is 5.69 Å². The molecule has 0 atom stereocenters. The molecule has 0 unspecified atom stereocenters. The number of aromatic nitrogens is 5.